The van der Waals surface area contributed by atoms with Gasteiger partial charge in [-0.15, -0.1) is 0 Å². The van der Waals surface area contributed by atoms with E-state index in [4.69, 9.17) is 16.0 Å². The number of urea groups is 1. The van der Waals surface area contributed by atoms with Gasteiger partial charge in [0, 0.05) is 12.1 Å². The average molecular weight is 295 g/mol. The van der Waals surface area contributed by atoms with Gasteiger partial charge in [-0.1, -0.05) is 23.7 Å². The van der Waals surface area contributed by atoms with Crippen LogP contribution in [-0.4, -0.2) is 17.7 Å². The summed E-state index contributed by atoms with van der Waals surface area (Å²) in [6.07, 6.45) is 2.72. The summed E-state index contributed by atoms with van der Waals surface area (Å²) in [5, 5.41) is 15.6. The Labute approximate surface area is 121 Å². The summed E-state index contributed by atoms with van der Waals surface area (Å²) >= 11 is 5.93. The SMILES string of the molecule is O=C(NCCC(O)c1ccoc1)Nc1ccccc1Cl. The number of benzene rings is 1. The molecule has 20 heavy (non-hydrogen) atoms. The van der Waals surface area contributed by atoms with Crippen LogP contribution in [-0.2, 0) is 0 Å². The van der Waals surface area contributed by atoms with Crippen molar-refractivity contribution in [3.63, 3.8) is 0 Å². The van der Waals surface area contributed by atoms with Gasteiger partial charge < -0.3 is 20.2 Å². The highest BCUT2D eigenvalue weighted by atomic mass is 35.5. The fourth-order valence-corrected chi connectivity index (χ4v) is 1.87. The predicted octanol–water partition coefficient (Wildman–Crippen LogP) is 3.18. The zero-order valence-corrected chi connectivity index (χ0v) is 11.4. The summed E-state index contributed by atoms with van der Waals surface area (Å²) in [6.45, 7) is 0.336. The first-order valence-corrected chi connectivity index (χ1v) is 6.54. The Kier molecular flexibility index (Phi) is 5.03. The number of halogens is 1. The Morgan fingerprint density at radius 1 is 1.35 bits per heavy atom. The van der Waals surface area contributed by atoms with E-state index in [-0.39, 0.29) is 6.03 Å². The lowest BCUT2D eigenvalue weighted by atomic mass is 10.1. The van der Waals surface area contributed by atoms with Crippen molar-refractivity contribution in [3.05, 3.63) is 53.4 Å². The van der Waals surface area contributed by atoms with Crippen molar-refractivity contribution in [2.45, 2.75) is 12.5 Å². The summed E-state index contributed by atoms with van der Waals surface area (Å²) in [5.74, 6) is 0. The molecule has 2 aromatic rings. The number of carbonyl (C=O) groups is 1. The molecule has 2 rings (SSSR count). The zero-order valence-electron chi connectivity index (χ0n) is 10.7. The molecular weight excluding hydrogens is 280 g/mol. The van der Waals surface area contributed by atoms with Gasteiger partial charge in [0.1, 0.15) is 0 Å². The van der Waals surface area contributed by atoms with Gasteiger partial charge in [0.05, 0.1) is 29.3 Å². The molecule has 0 saturated heterocycles. The molecule has 0 saturated carbocycles. The molecule has 1 aromatic heterocycles. The summed E-state index contributed by atoms with van der Waals surface area (Å²) in [6, 6.07) is 8.30. The highest BCUT2D eigenvalue weighted by Crippen LogP contribution is 2.20. The minimum atomic E-state index is -0.658. The van der Waals surface area contributed by atoms with Gasteiger partial charge in [0.25, 0.3) is 0 Å². The van der Waals surface area contributed by atoms with E-state index in [1.165, 1.54) is 12.5 Å². The molecule has 2 amide bonds. The fraction of sp³-hybridized carbons (Fsp3) is 0.214. The normalized spacial score (nSPS) is 11.9. The first-order valence-electron chi connectivity index (χ1n) is 6.16. The minimum absolute atomic E-state index is 0.336. The van der Waals surface area contributed by atoms with E-state index in [0.717, 1.165) is 0 Å². The van der Waals surface area contributed by atoms with Gasteiger partial charge in [-0.25, -0.2) is 4.79 Å². The molecule has 0 aliphatic heterocycles. The number of hydrogen-bond donors (Lipinski definition) is 3. The van der Waals surface area contributed by atoms with E-state index in [0.29, 0.717) is 29.2 Å². The second-order valence-electron chi connectivity index (χ2n) is 4.22. The number of carbonyl (C=O) groups excluding carboxylic acids is 1. The quantitative estimate of drug-likeness (QED) is 0.793. The maximum absolute atomic E-state index is 11.7. The minimum Gasteiger partial charge on any atom is -0.472 e. The standard InChI is InChI=1S/C14H15ClN2O3/c15-11-3-1-2-4-12(11)17-14(19)16-7-5-13(18)10-6-8-20-9-10/h1-4,6,8-9,13,18H,5,7H2,(H2,16,17,19). The molecule has 0 aliphatic carbocycles. The molecule has 1 heterocycles. The van der Waals surface area contributed by atoms with Crippen LogP contribution in [0.1, 0.15) is 18.1 Å². The summed E-state index contributed by atoms with van der Waals surface area (Å²) in [7, 11) is 0. The number of hydrogen-bond acceptors (Lipinski definition) is 3. The first-order chi connectivity index (χ1) is 9.66. The molecule has 1 unspecified atom stereocenters. The number of rotatable bonds is 5. The molecule has 5 nitrogen and oxygen atoms in total. The second-order valence-corrected chi connectivity index (χ2v) is 4.63. The van der Waals surface area contributed by atoms with Crippen molar-refractivity contribution in [2.24, 2.45) is 0 Å². The molecule has 0 aliphatic rings. The second kappa shape index (κ2) is 6.98. The summed E-state index contributed by atoms with van der Waals surface area (Å²) < 4.78 is 4.88. The van der Waals surface area contributed by atoms with Crippen molar-refractivity contribution in [1.29, 1.82) is 0 Å². The first kappa shape index (κ1) is 14.4. The molecule has 6 heteroatoms. The molecule has 1 atom stereocenters. The van der Waals surface area contributed by atoms with Gasteiger partial charge in [0.15, 0.2) is 0 Å². The van der Waals surface area contributed by atoms with Crippen LogP contribution >= 0.6 is 11.6 Å². The number of aliphatic hydroxyl groups is 1. The fourth-order valence-electron chi connectivity index (χ4n) is 1.68. The number of anilines is 1. The Morgan fingerprint density at radius 2 is 2.15 bits per heavy atom. The Hall–Kier alpha value is -1.98. The van der Waals surface area contributed by atoms with Crippen molar-refractivity contribution in [3.8, 4) is 0 Å². The van der Waals surface area contributed by atoms with E-state index in [2.05, 4.69) is 10.6 Å². The van der Waals surface area contributed by atoms with Crippen molar-refractivity contribution < 1.29 is 14.3 Å². The van der Waals surface area contributed by atoms with Gasteiger partial charge in [0.2, 0.25) is 0 Å². The highest BCUT2D eigenvalue weighted by Gasteiger charge is 2.09. The Morgan fingerprint density at radius 3 is 2.85 bits per heavy atom. The molecule has 0 fully saturated rings. The molecule has 106 valence electrons. The average Bonchev–Trinajstić information content (AvgIpc) is 2.95. The Bertz CT molecular complexity index is 557. The van der Waals surface area contributed by atoms with E-state index >= 15 is 0 Å². The zero-order chi connectivity index (χ0) is 14.4. The summed E-state index contributed by atoms with van der Waals surface area (Å²) in [4.78, 5) is 11.7. The van der Waals surface area contributed by atoms with Crippen LogP contribution in [0.15, 0.2) is 47.3 Å². The molecule has 0 bridgehead atoms. The molecule has 1 aromatic carbocycles. The topological polar surface area (TPSA) is 74.5 Å². The number of nitrogens with one attached hydrogen (secondary N) is 2. The lowest BCUT2D eigenvalue weighted by Crippen LogP contribution is -2.30. The van der Waals surface area contributed by atoms with E-state index in [9.17, 15) is 9.90 Å². The smallest absolute Gasteiger partial charge is 0.319 e. The summed E-state index contributed by atoms with van der Waals surface area (Å²) in [5.41, 5.74) is 1.24. The van der Waals surface area contributed by atoms with Gasteiger partial charge in [-0.3, -0.25) is 0 Å². The van der Waals surface area contributed by atoms with Crippen LogP contribution in [0, 0.1) is 0 Å². The van der Waals surface area contributed by atoms with Crippen LogP contribution in [0.5, 0.6) is 0 Å². The number of furan rings is 1. The third-order valence-electron chi connectivity index (χ3n) is 2.75. The molecule has 3 N–H and O–H groups in total. The number of para-hydroxylation sites is 1. The van der Waals surface area contributed by atoms with E-state index in [1.54, 1.807) is 30.3 Å². The molecule has 0 radical (unpaired) electrons. The van der Waals surface area contributed by atoms with Crippen LogP contribution in [0.2, 0.25) is 5.02 Å². The number of aliphatic hydroxyl groups excluding tert-OH is 1. The van der Waals surface area contributed by atoms with Gasteiger partial charge in [-0.2, -0.15) is 0 Å². The van der Waals surface area contributed by atoms with Crippen LogP contribution in [0.4, 0.5) is 10.5 Å². The van der Waals surface area contributed by atoms with E-state index in [1.807, 2.05) is 0 Å². The number of amides is 2. The van der Waals surface area contributed by atoms with Crippen molar-refractivity contribution in [1.82, 2.24) is 5.32 Å². The van der Waals surface area contributed by atoms with Crippen molar-refractivity contribution in [2.75, 3.05) is 11.9 Å². The lowest BCUT2D eigenvalue weighted by molar-refractivity contribution is 0.166. The van der Waals surface area contributed by atoms with E-state index < -0.39 is 6.10 Å². The molecule has 0 spiro atoms. The van der Waals surface area contributed by atoms with Gasteiger partial charge in [-0.05, 0) is 24.6 Å². The monoisotopic (exact) mass is 294 g/mol. The van der Waals surface area contributed by atoms with Crippen LogP contribution in [0.3, 0.4) is 0 Å². The maximum Gasteiger partial charge on any atom is 0.319 e. The maximum atomic E-state index is 11.7. The predicted molar refractivity (Wildman–Crippen MR) is 76.8 cm³/mol. The Balaban J connectivity index is 1.74. The van der Waals surface area contributed by atoms with Gasteiger partial charge >= 0.3 is 6.03 Å². The van der Waals surface area contributed by atoms with Crippen LogP contribution < -0.4 is 10.6 Å². The molecular formula is C14H15ClN2O3. The largest absolute Gasteiger partial charge is 0.472 e. The van der Waals surface area contributed by atoms with Crippen LogP contribution in [0.25, 0.3) is 0 Å². The third kappa shape index (κ3) is 4.01. The highest BCUT2D eigenvalue weighted by molar-refractivity contribution is 6.33. The lowest BCUT2D eigenvalue weighted by Gasteiger charge is -2.11. The third-order valence-corrected chi connectivity index (χ3v) is 3.08. The van der Waals surface area contributed by atoms with Crippen molar-refractivity contribution >= 4 is 23.3 Å².